The summed E-state index contributed by atoms with van der Waals surface area (Å²) in [6.45, 7) is 0.593. The number of rotatable bonds is 4. The minimum absolute atomic E-state index is 0.593. The number of nitrogens with zero attached hydrogens (tertiary/aromatic N) is 1. The van der Waals surface area contributed by atoms with Gasteiger partial charge in [-0.05, 0) is 17.7 Å². The van der Waals surface area contributed by atoms with Gasteiger partial charge in [0, 0.05) is 16.9 Å². The zero-order valence-electron chi connectivity index (χ0n) is 10.0. The molecule has 2 rings (SSSR count). The molecular formula is C14H16N4. The van der Waals surface area contributed by atoms with E-state index < -0.39 is 0 Å². The van der Waals surface area contributed by atoms with Crippen molar-refractivity contribution in [1.82, 2.24) is 5.43 Å². The molecule has 5 N–H and O–H groups in total. The lowest BCUT2D eigenvalue weighted by atomic mass is 10.2. The molecule has 0 fully saturated rings. The first kappa shape index (κ1) is 12.0. The van der Waals surface area contributed by atoms with Crippen molar-refractivity contribution in [2.75, 3.05) is 11.5 Å². The van der Waals surface area contributed by atoms with Crippen LogP contribution in [0.15, 0.2) is 53.6 Å². The summed E-state index contributed by atoms with van der Waals surface area (Å²) in [7, 11) is 0. The average Bonchev–Trinajstić information content (AvgIpc) is 2.38. The van der Waals surface area contributed by atoms with E-state index in [1.54, 1.807) is 6.21 Å². The minimum atomic E-state index is 0.593. The summed E-state index contributed by atoms with van der Waals surface area (Å²) in [4.78, 5) is 0. The van der Waals surface area contributed by atoms with Crippen molar-refractivity contribution in [3.63, 3.8) is 0 Å². The summed E-state index contributed by atoms with van der Waals surface area (Å²) < 4.78 is 0. The number of anilines is 2. The Kier molecular flexibility index (Phi) is 3.81. The lowest BCUT2D eigenvalue weighted by Gasteiger charge is -2.04. The lowest BCUT2D eigenvalue weighted by molar-refractivity contribution is 0.750. The number of nitrogens with one attached hydrogen (secondary N) is 1. The summed E-state index contributed by atoms with van der Waals surface area (Å²) in [5, 5.41) is 4.13. The Morgan fingerprint density at radius 3 is 2.33 bits per heavy atom. The first-order chi connectivity index (χ1) is 8.77. The van der Waals surface area contributed by atoms with Crippen molar-refractivity contribution in [2.24, 2.45) is 5.10 Å². The smallest absolute Gasteiger partial charge is 0.0600 e. The van der Waals surface area contributed by atoms with E-state index in [9.17, 15) is 0 Å². The Labute approximate surface area is 106 Å². The van der Waals surface area contributed by atoms with Gasteiger partial charge in [-0.1, -0.05) is 36.4 Å². The highest BCUT2D eigenvalue weighted by molar-refractivity contribution is 5.86. The fraction of sp³-hybridized carbons (Fsp3) is 0.0714. The third-order valence-corrected chi connectivity index (χ3v) is 2.62. The summed E-state index contributed by atoms with van der Waals surface area (Å²) in [5.41, 5.74) is 18.0. The zero-order valence-corrected chi connectivity index (χ0v) is 10.0. The third kappa shape index (κ3) is 3.01. The number of hydrogen-bond donors (Lipinski definition) is 3. The van der Waals surface area contributed by atoms with Crippen LogP contribution in [0.1, 0.15) is 11.1 Å². The predicted octanol–water partition coefficient (Wildman–Crippen LogP) is 1.97. The first-order valence-corrected chi connectivity index (χ1v) is 5.71. The standard InChI is InChI=1S/C14H16N4/c15-13-7-3-1-5-11(13)9-17-18-10-12-6-2-4-8-14(12)16/h1-9,18H,10,15-16H2. The molecule has 0 radical (unpaired) electrons. The second-order valence-electron chi connectivity index (χ2n) is 3.92. The van der Waals surface area contributed by atoms with Gasteiger partial charge in [-0.15, -0.1) is 0 Å². The topological polar surface area (TPSA) is 76.4 Å². The number of hydrogen-bond acceptors (Lipinski definition) is 4. The van der Waals surface area contributed by atoms with Gasteiger partial charge in [0.15, 0.2) is 0 Å². The Bertz CT molecular complexity index is 549. The van der Waals surface area contributed by atoms with E-state index in [4.69, 9.17) is 11.5 Å². The van der Waals surface area contributed by atoms with Gasteiger partial charge in [0.2, 0.25) is 0 Å². The van der Waals surface area contributed by atoms with Gasteiger partial charge in [-0.3, -0.25) is 0 Å². The Morgan fingerprint density at radius 2 is 1.61 bits per heavy atom. The van der Waals surface area contributed by atoms with Gasteiger partial charge in [-0.25, -0.2) is 0 Å². The van der Waals surface area contributed by atoms with E-state index in [-0.39, 0.29) is 0 Å². The van der Waals surface area contributed by atoms with Gasteiger partial charge in [-0.2, -0.15) is 5.10 Å². The quantitative estimate of drug-likeness (QED) is 0.434. The SMILES string of the molecule is Nc1ccccc1C=NNCc1ccccc1N. The molecule has 0 aliphatic heterocycles. The number of para-hydroxylation sites is 2. The molecule has 0 saturated heterocycles. The van der Waals surface area contributed by atoms with Gasteiger partial charge < -0.3 is 16.9 Å². The molecule has 2 aromatic carbocycles. The molecule has 0 atom stereocenters. The highest BCUT2D eigenvalue weighted by Gasteiger charge is 1.95. The number of nitrogen functional groups attached to an aromatic ring is 2. The summed E-state index contributed by atoms with van der Waals surface area (Å²) in [6.07, 6.45) is 1.70. The maximum atomic E-state index is 5.83. The number of nitrogens with two attached hydrogens (primary N) is 2. The van der Waals surface area contributed by atoms with E-state index in [0.717, 1.165) is 16.8 Å². The first-order valence-electron chi connectivity index (χ1n) is 5.71. The monoisotopic (exact) mass is 240 g/mol. The van der Waals surface area contributed by atoms with Gasteiger partial charge in [0.1, 0.15) is 0 Å². The van der Waals surface area contributed by atoms with Crippen LogP contribution >= 0.6 is 0 Å². The van der Waals surface area contributed by atoms with Crippen molar-refractivity contribution < 1.29 is 0 Å². The largest absolute Gasteiger partial charge is 0.398 e. The Morgan fingerprint density at radius 1 is 0.944 bits per heavy atom. The van der Waals surface area contributed by atoms with E-state index in [1.807, 2.05) is 48.5 Å². The van der Waals surface area contributed by atoms with E-state index >= 15 is 0 Å². The molecule has 0 heterocycles. The highest BCUT2D eigenvalue weighted by Crippen LogP contribution is 2.10. The fourth-order valence-corrected chi connectivity index (χ4v) is 1.57. The summed E-state index contributed by atoms with van der Waals surface area (Å²) in [5.74, 6) is 0. The maximum Gasteiger partial charge on any atom is 0.0600 e. The maximum absolute atomic E-state index is 5.83. The third-order valence-electron chi connectivity index (χ3n) is 2.62. The van der Waals surface area contributed by atoms with Gasteiger partial charge in [0.05, 0.1) is 12.8 Å². The molecule has 0 aliphatic rings. The van der Waals surface area contributed by atoms with Crippen LogP contribution in [0.2, 0.25) is 0 Å². The average molecular weight is 240 g/mol. The van der Waals surface area contributed by atoms with Crippen LogP contribution in [0.3, 0.4) is 0 Å². The Hall–Kier alpha value is -2.49. The molecule has 92 valence electrons. The summed E-state index contributed by atoms with van der Waals surface area (Å²) in [6, 6.07) is 15.3. The van der Waals surface area contributed by atoms with E-state index in [1.165, 1.54) is 0 Å². The van der Waals surface area contributed by atoms with Crippen molar-refractivity contribution in [2.45, 2.75) is 6.54 Å². The highest BCUT2D eigenvalue weighted by atomic mass is 15.3. The molecule has 18 heavy (non-hydrogen) atoms. The van der Waals surface area contributed by atoms with Gasteiger partial charge >= 0.3 is 0 Å². The molecule has 0 amide bonds. The van der Waals surface area contributed by atoms with Crippen LogP contribution in [0.4, 0.5) is 11.4 Å². The van der Waals surface area contributed by atoms with Crippen molar-refractivity contribution in [3.8, 4) is 0 Å². The normalized spacial score (nSPS) is 10.7. The second-order valence-corrected chi connectivity index (χ2v) is 3.92. The molecule has 0 aromatic heterocycles. The number of hydrazone groups is 1. The van der Waals surface area contributed by atoms with E-state index in [2.05, 4.69) is 10.5 Å². The molecule has 0 aliphatic carbocycles. The minimum Gasteiger partial charge on any atom is -0.398 e. The van der Waals surface area contributed by atoms with Crippen LogP contribution in [-0.2, 0) is 6.54 Å². The molecule has 4 nitrogen and oxygen atoms in total. The molecule has 0 unspecified atom stereocenters. The predicted molar refractivity (Wildman–Crippen MR) is 76.1 cm³/mol. The molecule has 0 bridgehead atoms. The fourth-order valence-electron chi connectivity index (χ4n) is 1.57. The molecule has 4 heteroatoms. The van der Waals surface area contributed by atoms with Crippen LogP contribution in [0.5, 0.6) is 0 Å². The Balaban J connectivity index is 1.93. The van der Waals surface area contributed by atoms with Crippen LogP contribution in [0.25, 0.3) is 0 Å². The van der Waals surface area contributed by atoms with Crippen molar-refractivity contribution in [3.05, 3.63) is 59.7 Å². The van der Waals surface area contributed by atoms with Crippen LogP contribution in [0, 0.1) is 0 Å². The van der Waals surface area contributed by atoms with Crippen LogP contribution in [-0.4, -0.2) is 6.21 Å². The van der Waals surface area contributed by atoms with Crippen molar-refractivity contribution >= 4 is 17.6 Å². The molecule has 0 spiro atoms. The van der Waals surface area contributed by atoms with Gasteiger partial charge in [0.25, 0.3) is 0 Å². The summed E-state index contributed by atoms with van der Waals surface area (Å²) >= 11 is 0. The van der Waals surface area contributed by atoms with E-state index in [0.29, 0.717) is 12.2 Å². The zero-order chi connectivity index (χ0) is 12.8. The molecule has 2 aromatic rings. The lowest BCUT2D eigenvalue weighted by Crippen LogP contribution is -2.08. The second kappa shape index (κ2) is 5.72. The van der Waals surface area contributed by atoms with Crippen molar-refractivity contribution in [1.29, 1.82) is 0 Å². The molecule has 0 saturated carbocycles. The van der Waals surface area contributed by atoms with Crippen LogP contribution < -0.4 is 16.9 Å². The number of benzene rings is 2. The molecular weight excluding hydrogens is 224 g/mol.